The third kappa shape index (κ3) is 9.16. The summed E-state index contributed by atoms with van der Waals surface area (Å²) < 4.78 is 0. The van der Waals surface area contributed by atoms with Crippen molar-refractivity contribution in [1.29, 1.82) is 0 Å². The van der Waals surface area contributed by atoms with Crippen LogP contribution in [0.4, 0.5) is 0 Å². The minimum atomic E-state index is -0.208. The quantitative estimate of drug-likeness (QED) is 0.366. The number of hydrogen-bond donors (Lipinski definition) is 0. The maximum Gasteiger partial charge on any atom is 0.111 e. The SMILES string of the molecule is PCC(Cl)Cl.[Ru]. The molecule has 0 aliphatic rings. The van der Waals surface area contributed by atoms with Crippen molar-refractivity contribution < 1.29 is 19.5 Å². The van der Waals surface area contributed by atoms with E-state index >= 15 is 0 Å². The van der Waals surface area contributed by atoms with Crippen molar-refractivity contribution in [3.05, 3.63) is 0 Å². The third-order valence-electron chi connectivity index (χ3n) is 0.178. The first-order chi connectivity index (χ1) is 2.27. The van der Waals surface area contributed by atoms with Gasteiger partial charge in [0, 0.05) is 19.5 Å². The molecule has 0 spiro atoms. The summed E-state index contributed by atoms with van der Waals surface area (Å²) in [5.74, 6) is 0. The van der Waals surface area contributed by atoms with Gasteiger partial charge in [0.1, 0.15) is 4.84 Å². The normalized spacial score (nSPS) is 8.00. The van der Waals surface area contributed by atoms with E-state index in [1.54, 1.807) is 0 Å². The van der Waals surface area contributed by atoms with Gasteiger partial charge in [-0.05, 0) is 6.16 Å². The van der Waals surface area contributed by atoms with Crippen molar-refractivity contribution in [2.24, 2.45) is 0 Å². The maximum absolute atomic E-state index is 5.21. The largest absolute Gasteiger partial charge is 0.135 e. The van der Waals surface area contributed by atoms with E-state index in [0.29, 0.717) is 0 Å². The molecule has 0 aromatic carbocycles. The van der Waals surface area contributed by atoms with Crippen molar-refractivity contribution in [1.82, 2.24) is 0 Å². The van der Waals surface area contributed by atoms with Crippen LogP contribution in [-0.2, 0) is 19.5 Å². The molecule has 4 heteroatoms. The molecule has 0 aliphatic heterocycles. The molecular formula is C2H5Cl2PRu. The van der Waals surface area contributed by atoms with Crippen molar-refractivity contribution in [3.8, 4) is 0 Å². The smallest absolute Gasteiger partial charge is 0.111 e. The summed E-state index contributed by atoms with van der Waals surface area (Å²) in [6.07, 6.45) is 0.753. The Balaban J connectivity index is 0. The molecule has 40 valence electrons. The van der Waals surface area contributed by atoms with E-state index in [1.165, 1.54) is 0 Å². The van der Waals surface area contributed by atoms with Gasteiger partial charge < -0.3 is 0 Å². The summed E-state index contributed by atoms with van der Waals surface area (Å²) in [7, 11) is 2.43. The van der Waals surface area contributed by atoms with E-state index in [9.17, 15) is 0 Å². The number of rotatable bonds is 1. The van der Waals surface area contributed by atoms with Gasteiger partial charge in [-0.15, -0.1) is 32.4 Å². The molecule has 0 rings (SSSR count). The van der Waals surface area contributed by atoms with Crippen LogP contribution in [0.2, 0.25) is 0 Å². The average molecular weight is 232 g/mol. The molecular weight excluding hydrogens is 227 g/mol. The number of hydrogen-bond acceptors (Lipinski definition) is 0. The van der Waals surface area contributed by atoms with Crippen LogP contribution in [0.15, 0.2) is 0 Å². The second-order valence-corrected chi connectivity index (χ2v) is 2.38. The fraction of sp³-hybridized carbons (Fsp3) is 1.00. The van der Waals surface area contributed by atoms with Gasteiger partial charge in [0.2, 0.25) is 0 Å². The Morgan fingerprint density at radius 3 is 1.67 bits per heavy atom. The third-order valence-corrected chi connectivity index (χ3v) is 1.60. The van der Waals surface area contributed by atoms with E-state index in [4.69, 9.17) is 23.2 Å². The van der Waals surface area contributed by atoms with Crippen LogP contribution in [0.5, 0.6) is 0 Å². The zero-order valence-electron chi connectivity index (χ0n) is 2.97. The summed E-state index contributed by atoms with van der Waals surface area (Å²) in [4.78, 5) is -0.208. The molecule has 0 saturated heterocycles. The van der Waals surface area contributed by atoms with Gasteiger partial charge in [-0.1, -0.05) is 0 Å². The first kappa shape index (κ1) is 10.6. The number of halogens is 2. The molecule has 1 atom stereocenters. The van der Waals surface area contributed by atoms with E-state index in [-0.39, 0.29) is 24.3 Å². The Kier molecular flexibility index (Phi) is 11.7. The van der Waals surface area contributed by atoms with E-state index in [2.05, 4.69) is 9.24 Å². The zero-order valence-corrected chi connectivity index (χ0v) is 7.38. The van der Waals surface area contributed by atoms with Crippen LogP contribution in [0.3, 0.4) is 0 Å². The summed E-state index contributed by atoms with van der Waals surface area (Å²) in [6.45, 7) is 0. The van der Waals surface area contributed by atoms with E-state index < -0.39 is 0 Å². The standard InChI is InChI=1S/C2H5Cl2P.Ru/c3-2(4)1-5;/h2H,1,5H2;. The first-order valence-electron chi connectivity index (χ1n) is 1.25. The molecule has 0 N–H and O–H groups in total. The molecule has 0 saturated carbocycles. The first-order valence-corrected chi connectivity index (χ1v) is 2.94. The van der Waals surface area contributed by atoms with Gasteiger partial charge >= 0.3 is 0 Å². The zero-order chi connectivity index (χ0) is 4.28. The van der Waals surface area contributed by atoms with Gasteiger partial charge in [0.25, 0.3) is 0 Å². The number of alkyl halides is 2. The second-order valence-electron chi connectivity index (χ2n) is 0.627. The molecule has 0 fully saturated rings. The molecule has 0 heterocycles. The average Bonchev–Trinajstić information content (AvgIpc) is 1.38. The van der Waals surface area contributed by atoms with Crippen molar-refractivity contribution in [2.75, 3.05) is 6.16 Å². The second kappa shape index (κ2) is 6.63. The van der Waals surface area contributed by atoms with Crippen LogP contribution in [-0.4, -0.2) is 11.0 Å². The van der Waals surface area contributed by atoms with Gasteiger partial charge in [0.05, 0.1) is 0 Å². The Bertz CT molecular complexity index is 25.5. The molecule has 0 amide bonds. The van der Waals surface area contributed by atoms with E-state index in [0.717, 1.165) is 6.16 Å². The van der Waals surface area contributed by atoms with Crippen molar-refractivity contribution in [2.45, 2.75) is 4.84 Å². The Morgan fingerprint density at radius 1 is 1.50 bits per heavy atom. The van der Waals surface area contributed by atoms with Crippen LogP contribution >= 0.6 is 32.4 Å². The minimum absolute atomic E-state index is 0. The summed E-state index contributed by atoms with van der Waals surface area (Å²) >= 11 is 10.4. The van der Waals surface area contributed by atoms with E-state index in [1.807, 2.05) is 0 Å². The van der Waals surface area contributed by atoms with Gasteiger partial charge in [0.15, 0.2) is 0 Å². The fourth-order valence-corrected chi connectivity index (χ4v) is 0. The molecule has 0 bridgehead atoms. The van der Waals surface area contributed by atoms with Crippen LogP contribution in [0, 0.1) is 0 Å². The van der Waals surface area contributed by atoms with Crippen molar-refractivity contribution >= 4 is 32.4 Å². The molecule has 6 heavy (non-hydrogen) atoms. The fourth-order valence-electron chi connectivity index (χ4n) is 0. The Hall–Kier alpha value is 1.63. The van der Waals surface area contributed by atoms with Crippen LogP contribution in [0.1, 0.15) is 0 Å². The van der Waals surface area contributed by atoms with Gasteiger partial charge in [-0.2, -0.15) is 0 Å². The van der Waals surface area contributed by atoms with Crippen LogP contribution < -0.4 is 0 Å². The molecule has 0 aliphatic carbocycles. The molecule has 0 aromatic heterocycles. The topological polar surface area (TPSA) is 0 Å². The molecule has 1 unspecified atom stereocenters. The van der Waals surface area contributed by atoms with Crippen molar-refractivity contribution in [3.63, 3.8) is 0 Å². The summed E-state index contributed by atoms with van der Waals surface area (Å²) in [5, 5.41) is 0. The van der Waals surface area contributed by atoms with Gasteiger partial charge in [-0.3, -0.25) is 0 Å². The summed E-state index contributed by atoms with van der Waals surface area (Å²) in [5.41, 5.74) is 0. The Morgan fingerprint density at radius 2 is 1.67 bits per heavy atom. The summed E-state index contributed by atoms with van der Waals surface area (Å²) in [6, 6.07) is 0. The molecule has 0 radical (unpaired) electrons. The van der Waals surface area contributed by atoms with Gasteiger partial charge in [-0.25, -0.2) is 0 Å². The predicted octanol–water partition coefficient (Wildman–Crippen LogP) is 1.66. The Labute approximate surface area is 62.9 Å². The minimum Gasteiger partial charge on any atom is -0.135 e. The van der Waals surface area contributed by atoms with Crippen LogP contribution in [0.25, 0.3) is 0 Å². The maximum atomic E-state index is 5.21. The predicted molar refractivity (Wildman–Crippen MR) is 30.1 cm³/mol. The monoisotopic (exact) mass is 232 g/mol. The molecule has 0 nitrogen and oxygen atoms in total. The molecule has 0 aromatic rings.